The van der Waals surface area contributed by atoms with Gasteiger partial charge in [0.15, 0.2) is 0 Å². The third kappa shape index (κ3) is 10.7. The minimum atomic E-state index is 0.293. The molecule has 0 nitrogen and oxygen atoms in total. The van der Waals surface area contributed by atoms with E-state index in [0.717, 1.165) is 11.8 Å². The van der Waals surface area contributed by atoms with Gasteiger partial charge in [-0.3, -0.25) is 0 Å². The van der Waals surface area contributed by atoms with E-state index in [-0.39, 0.29) is 0 Å². The van der Waals surface area contributed by atoms with Crippen molar-refractivity contribution in [3.63, 3.8) is 0 Å². The third-order valence-electron chi connectivity index (χ3n) is 7.05. The molecule has 2 aliphatic rings. The van der Waals surface area contributed by atoms with E-state index in [9.17, 15) is 0 Å². The average molecular weight is 401 g/mol. The molecule has 0 aliphatic heterocycles. The second kappa shape index (κ2) is 11.6. The minimum absolute atomic E-state index is 0.293. The molecule has 168 valence electrons. The third-order valence-corrected chi connectivity index (χ3v) is 7.05. The summed E-state index contributed by atoms with van der Waals surface area (Å²) in [4.78, 5) is 0. The number of benzene rings is 1. The maximum Gasteiger partial charge on any atom is -0.0132 e. The van der Waals surface area contributed by atoms with Gasteiger partial charge in [0.05, 0.1) is 0 Å². The molecule has 29 heavy (non-hydrogen) atoms. The monoisotopic (exact) mass is 400 g/mol. The first-order valence-corrected chi connectivity index (χ1v) is 12.4. The van der Waals surface area contributed by atoms with Crippen LogP contribution < -0.4 is 0 Å². The maximum absolute atomic E-state index is 2.38. The Morgan fingerprint density at radius 2 is 0.862 bits per heavy atom. The lowest BCUT2D eigenvalue weighted by atomic mass is 9.72. The summed E-state index contributed by atoms with van der Waals surface area (Å²) >= 11 is 0. The molecule has 0 unspecified atom stereocenters. The topological polar surface area (TPSA) is 0 Å². The summed E-state index contributed by atoms with van der Waals surface area (Å²) in [5.74, 6) is 2.01. The van der Waals surface area contributed by atoms with Gasteiger partial charge in [-0.25, -0.2) is 0 Å². The second-order valence-corrected chi connectivity index (χ2v) is 12.7. The molecule has 0 heteroatoms. The Balaban J connectivity index is 0.000000218. The predicted octanol–water partition coefficient (Wildman–Crippen LogP) is 9.82. The molecule has 2 aliphatic carbocycles. The van der Waals surface area contributed by atoms with Gasteiger partial charge in [-0.1, -0.05) is 125 Å². The maximum atomic E-state index is 2.38. The molecular weight excluding hydrogens is 348 g/mol. The van der Waals surface area contributed by atoms with Crippen LogP contribution in [-0.2, 0) is 5.41 Å². The van der Waals surface area contributed by atoms with Crippen molar-refractivity contribution in [1.82, 2.24) is 0 Å². The molecule has 0 bridgehead atoms. The van der Waals surface area contributed by atoms with Crippen LogP contribution in [0.5, 0.6) is 0 Å². The number of hydrogen-bond acceptors (Lipinski definition) is 0. The number of hydrogen-bond donors (Lipinski definition) is 0. The zero-order chi connectivity index (χ0) is 22.1. The van der Waals surface area contributed by atoms with Crippen LogP contribution in [-0.4, -0.2) is 0 Å². The van der Waals surface area contributed by atoms with Crippen molar-refractivity contribution < 1.29 is 0 Å². The van der Waals surface area contributed by atoms with Gasteiger partial charge in [-0.15, -0.1) is 0 Å². The molecule has 0 heterocycles. The van der Waals surface area contributed by atoms with Gasteiger partial charge in [-0.05, 0) is 59.3 Å². The van der Waals surface area contributed by atoms with E-state index in [2.05, 4.69) is 92.6 Å². The highest BCUT2D eigenvalue weighted by atomic mass is 14.3. The summed E-state index contributed by atoms with van der Waals surface area (Å²) in [7, 11) is 0. The normalized spacial score (nSPS) is 19.1. The minimum Gasteiger partial charge on any atom is -0.0622 e. The van der Waals surface area contributed by atoms with Crippen LogP contribution in [0.15, 0.2) is 30.3 Å². The molecule has 2 fully saturated rings. The zero-order valence-electron chi connectivity index (χ0n) is 21.4. The Morgan fingerprint density at radius 3 is 1.10 bits per heavy atom. The molecule has 0 saturated heterocycles. The fourth-order valence-corrected chi connectivity index (χ4v) is 4.70. The standard InChI is InChI=1S/C10H20.C10H14.C9H18/c2*1-10(2,3)9-7-5-4-6-8-9;1-9(2,3)8-6-4-5-7-8/h9H,4-8H2,1-3H3;4-8H,1-3H3;8H,4-7H2,1-3H3. The lowest BCUT2D eigenvalue weighted by Crippen LogP contribution is -2.22. The van der Waals surface area contributed by atoms with Crippen LogP contribution in [0, 0.1) is 22.7 Å². The molecule has 1 aromatic rings. The van der Waals surface area contributed by atoms with Crippen LogP contribution in [0.4, 0.5) is 0 Å². The molecule has 0 amide bonds. The SMILES string of the molecule is CC(C)(C)C1CCCC1.CC(C)(C)C1CCCCC1.CC(C)(C)c1ccccc1. The Bertz CT molecular complexity index is 520. The van der Waals surface area contributed by atoms with Gasteiger partial charge in [0.2, 0.25) is 0 Å². The molecule has 0 N–H and O–H groups in total. The van der Waals surface area contributed by atoms with E-state index in [0.29, 0.717) is 16.2 Å². The Kier molecular flexibility index (Phi) is 10.5. The van der Waals surface area contributed by atoms with Gasteiger partial charge in [0.25, 0.3) is 0 Å². The van der Waals surface area contributed by atoms with Crippen molar-refractivity contribution in [2.45, 2.75) is 126 Å². The first kappa shape index (κ1) is 26.3. The van der Waals surface area contributed by atoms with Crippen molar-refractivity contribution in [3.8, 4) is 0 Å². The summed E-state index contributed by atoms with van der Waals surface area (Å²) in [5.41, 5.74) is 2.84. The molecule has 0 spiro atoms. The van der Waals surface area contributed by atoms with Gasteiger partial charge in [-0.2, -0.15) is 0 Å². The lowest BCUT2D eigenvalue weighted by Gasteiger charge is -2.33. The smallest absolute Gasteiger partial charge is 0.0132 e. The van der Waals surface area contributed by atoms with Gasteiger partial charge >= 0.3 is 0 Å². The van der Waals surface area contributed by atoms with Crippen molar-refractivity contribution in [2.24, 2.45) is 22.7 Å². The first-order valence-electron chi connectivity index (χ1n) is 12.4. The summed E-state index contributed by atoms with van der Waals surface area (Å²) in [5, 5.41) is 0. The van der Waals surface area contributed by atoms with Crippen molar-refractivity contribution in [3.05, 3.63) is 35.9 Å². The van der Waals surface area contributed by atoms with Crippen molar-refractivity contribution >= 4 is 0 Å². The molecule has 0 aromatic heterocycles. The lowest BCUT2D eigenvalue weighted by molar-refractivity contribution is 0.180. The van der Waals surface area contributed by atoms with Gasteiger partial charge in [0, 0.05) is 0 Å². The van der Waals surface area contributed by atoms with Crippen LogP contribution in [0.3, 0.4) is 0 Å². The van der Waals surface area contributed by atoms with E-state index in [1.54, 1.807) is 0 Å². The van der Waals surface area contributed by atoms with Gasteiger partial charge in [0.1, 0.15) is 0 Å². The van der Waals surface area contributed by atoms with Crippen LogP contribution >= 0.6 is 0 Å². The molecule has 0 radical (unpaired) electrons. The van der Waals surface area contributed by atoms with Crippen LogP contribution in [0.25, 0.3) is 0 Å². The highest BCUT2D eigenvalue weighted by Crippen LogP contribution is 2.39. The largest absolute Gasteiger partial charge is 0.0622 e. The molecular formula is C29H52. The van der Waals surface area contributed by atoms with E-state index in [1.807, 2.05) is 0 Å². The highest BCUT2D eigenvalue weighted by molar-refractivity contribution is 5.21. The van der Waals surface area contributed by atoms with Crippen LogP contribution in [0.1, 0.15) is 126 Å². The predicted molar refractivity (Wildman–Crippen MR) is 133 cm³/mol. The molecule has 3 rings (SSSR count). The van der Waals surface area contributed by atoms with Crippen molar-refractivity contribution in [1.29, 1.82) is 0 Å². The summed E-state index contributed by atoms with van der Waals surface area (Å²) in [6.07, 6.45) is 13.3. The van der Waals surface area contributed by atoms with E-state index in [4.69, 9.17) is 0 Å². The quantitative estimate of drug-likeness (QED) is 0.406. The first-order chi connectivity index (χ1) is 13.3. The fraction of sp³-hybridized carbons (Fsp3) is 0.793. The Morgan fingerprint density at radius 1 is 0.517 bits per heavy atom. The highest BCUT2D eigenvalue weighted by Gasteiger charge is 2.27. The van der Waals surface area contributed by atoms with Crippen molar-refractivity contribution in [2.75, 3.05) is 0 Å². The second-order valence-electron chi connectivity index (χ2n) is 12.7. The fourth-order valence-electron chi connectivity index (χ4n) is 4.70. The van der Waals surface area contributed by atoms with Crippen LogP contribution in [0.2, 0.25) is 0 Å². The van der Waals surface area contributed by atoms with Gasteiger partial charge < -0.3 is 0 Å². The zero-order valence-corrected chi connectivity index (χ0v) is 21.4. The summed E-state index contributed by atoms with van der Waals surface area (Å²) < 4.78 is 0. The summed E-state index contributed by atoms with van der Waals surface area (Å²) in [6, 6.07) is 10.6. The molecule has 2 saturated carbocycles. The van der Waals surface area contributed by atoms with E-state index in [1.165, 1.54) is 63.4 Å². The Hall–Kier alpha value is -0.780. The summed E-state index contributed by atoms with van der Waals surface area (Å²) in [6.45, 7) is 20.9. The molecule has 0 atom stereocenters. The number of rotatable bonds is 0. The van der Waals surface area contributed by atoms with E-state index >= 15 is 0 Å². The molecule has 1 aromatic carbocycles. The van der Waals surface area contributed by atoms with E-state index < -0.39 is 0 Å². The average Bonchev–Trinajstić information content (AvgIpc) is 3.18. The Labute approximate surface area is 184 Å².